The fraction of sp³-hybridized carbons (Fsp3) is 0.111. The smallest absolute Gasteiger partial charge is 0.266 e. The molecule has 0 saturated heterocycles. The van der Waals surface area contributed by atoms with Crippen LogP contribution in [0.4, 0.5) is 5.69 Å². The van der Waals surface area contributed by atoms with Crippen LogP contribution in [0.3, 0.4) is 0 Å². The summed E-state index contributed by atoms with van der Waals surface area (Å²) in [6.45, 7) is 1.92. The van der Waals surface area contributed by atoms with E-state index in [-0.39, 0.29) is 11.8 Å². The van der Waals surface area contributed by atoms with Crippen molar-refractivity contribution in [2.24, 2.45) is 0 Å². The van der Waals surface area contributed by atoms with Gasteiger partial charge in [-0.05, 0) is 30.3 Å². The van der Waals surface area contributed by atoms with Gasteiger partial charge < -0.3 is 4.42 Å². The van der Waals surface area contributed by atoms with Gasteiger partial charge in [0, 0.05) is 12.0 Å². The summed E-state index contributed by atoms with van der Waals surface area (Å²) in [6.07, 6.45) is 0.644. The highest BCUT2D eigenvalue weighted by molar-refractivity contribution is 6.34. The van der Waals surface area contributed by atoms with Crippen molar-refractivity contribution in [1.29, 1.82) is 0 Å². The maximum Gasteiger partial charge on any atom is 0.266 e. The Morgan fingerprint density at radius 3 is 2.29 bits per heavy atom. The van der Waals surface area contributed by atoms with Crippen LogP contribution in [0.15, 0.2) is 52.9 Å². The molecule has 6 nitrogen and oxygen atoms in total. The van der Waals surface area contributed by atoms with Crippen molar-refractivity contribution in [3.63, 3.8) is 0 Å². The maximum atomic E-state index is 12.6. The summed E-state index contributed by atoms with van der Waals surface area (Å²) >= 11 is 0. The third kappa shape index (κ3) is 2.11. The van der Waals surface area contributed by atoms with E-state index in [0.717, 1.165) is 0 Å². The molecule has 0 bridgehead atoms. The molecule has 3 aromatic rings. The number of nitrogens with zero attached hydrogens (tertiary/aromatic N) is 3. The minimum Gasteiger partial charge on any atom is -0.421 e. The van der Waals surface area contributed by atoms with Crippen LogP contribution < -0.4 is 4.90 Å². The number of fused-ring (bicyclic) bond motifs is 1. The van der Waals surface area contributed by atoms with E-state index < -0.39 is 0 Å². The van der Waals surface area contributed by atoms with E-state index in [1.165, 1.54) is 4.90 Å². The molecule has 118 valence electrons. The highest BCUT2D eigenvalue weighted by atomic mass is 16.4. The molecule has 1 aliphatic rings. The predicted molar refractivity (Wildman–Crippen MR) is 86.7 cm³/mol. The molecule has 0 radical (unpaired) electrons. The van der Waals surface area contributed by atoms with E-state index in [1.807, 2.05) is 6.92 Å². The summed E-state index contributed by atoms with van der Waals surface area (Å²) < 4.78 is 5.54. The van der Waals surface area contributed by atoms with Gasteiger partial charge in [0.15, 0.2) is 0 Å². The van der Waals surface area contributed by atoms with E-state index in [4.69, 9.17) is 4.42 Å². The normalized spacial score (nSPS) is 13.5. The molecule has 1 aliphatic heterocycles. The Morgan fingerprint density at radius 1 is 0.958 bits per heavy atom. The van der Waals surface area contributed by atoms with E-state index in [2.05, 4.69) is 10.2 Å². The summed E-state index contributed by atoms with van der Waals surface area (Å²) in [4.78, 5) is 26.3. The van der Waals surface area contributed by atoms with Crippen LogP contribution in [0.25, 0.3) is 11.5 Å². The highest BCUT2D eigenvalue weighted by Crippen LogP contribution is 2.30. The fourth-order valence-electron chi connectivity index (χ4n) is 2.71. The zero-order valence-corrected chi connectivity index (χ0v) is 12.9. The van der Waals surface area contributed by atoms with Crippen LogP contribution in [0.2, 0.25) is 0 Å². The summed E-state index contributed by atoms with van der Waals surface area (Å²) in [5, 5.41) is 7.93. The molecular weight excluding hydrogens is 306 g/mol. The van der Waals surface area contributed by atoms with Crippen molar-refractivity contribution in [3.05, 3.63) is 65.5 Å². The highest BCUT2D eigenvalue weighted by Gasteiger charge is 2.36. The Hall–Kier alpha value is -3.28. The van der Waals surface area contributed by atoms with Crippen molar-refractivity contribution < 1.29 is 14.0 Å². The molecule has 0 unspecified atom stereocenters. The quantitative estimate of drug-likeness (QED) is 0.693. The van der Waals surface area contributed by atoms with Gasteiger partial charge >= 0.3 is 0 Å². The molecule has 1 aromatic heterocycles. The second-order valence-electron chi connectivity index (χ2n) is 5.40. The van der Waals surface area contributed by atoms with E-state index in [1.54, 1.807) is 48.5 Å². The molecule has 4 rings (SSSR count). The Kier molecular flexibility index (Phi) is 3.23. The number of hydrogen-bond donors (Lipinski definition) is 0. The Labute approximate surface area is 137 Å². The Bertz CT molecular complexity index is 926. The molecular formula is C18H13N3O3. The molecule has 0 fully saturated rings. The van der Waals surface area contributed by atoms with Gasteiger partial charge in [-0.2, -0.15) is 0 Å². The van der Waals surface area contributed by atoms with Gasteiger partial charge in [0.05, 0.1) is 16.8 Å². The summed E-state index contributed by atoms with van der Waals surface area (Å²) in [6, 6.07) is 13.8. The monoisotopic (exact) mass is 319 g/mol. The maximum absolute atomic E-state index is 12.6. The first-order valence-electron chi connectivity index (χ1n) is 7.59. The first-order chi connectivity index (χ1) is 11.7. The van der Waals surface area contributed by atoms with Crippen molar-refractivity contribution in [3.8, 4) is 11.5 Å². The zero-order chi connectivity index (χ0) is 16.7. The van der Waals surface area contributed by atoms with Crippen molar-refractivity contribution in [2.75, 3.05) is 4.90 Å². The van der Waals surface area contributed by atoms with Gasteiger partial charge in [0.25, 0.3) is 11.8 Å². The average molecular weight is 319 g/mol. The molecule has 0 saturated carbocycles. The number of anilines is 1. The summed E-state index contributed by atoms with van der Waals surface area (Å²) in [7, 11) is 0. The molecule has 2 aromatic carbocycles. The van der Waals surface area contributed by atoms with Gasteiger partial charge in [-0.1, -0.05) is 25.1 Å². The number of benzene rings is 2. The molecule has 0 atom stereocenters. The minimum atomic E-state index is -0.326. The summed E-state index contributed by atoms with van der Waals surface area (Å²) in [5.41, 5.74) is 1.98. The number of rotatable bonds is 3. The van der Waals surface area contributed by atoms with Gasteiger partial charge in [-0.15, -0.1) is 10.2 Å². The molecule has 6 heteroatoms. The van der Waals surface area contributed by atoms with Gasteiger partial charge in [0.2, 0.25) is 11.8 Å². The number of aryl methyl sites for hydroxylation is 1. The topological polar surface area (TPSA) is 76.3 Å². The van der Waals surface area contributed by atoms with Crippen LogP contribution in [-0.2, 0) is 6.42 Å². The van der Waals surface area contributed by atoms with E-state index in [9.17, 15) is 9.59 Å². The largest absolute Gasteiger partial charge is 0.421 e. The molecule has 2 heterocycles. The van der Waals surface area contributed by atoms with Crippen molar-refractivity contribution >= 4 is 17.5 Å². The Balaban J connectivity index is 1.75. The third-order valence-corrected chi connectivity index (χ3v) is 3.91. The van der Waals surface area contributed by atoms with Crippen LogP contribution >= 0.6 is 0 Å². The van der Waals surface area contributed by atoms with Crippen molar-refractivity contribution in [2.45, 2.75) is 13.3 Å². The number of aromatic nitrogens is 2. The average Bonchev–Trinajstić information content (AvgIpc) is 3.20. The van der Waals surface area contributed by atoms with Crippen LogP contribution in [0.1, 0.15) is 33.5 Å². The first-order valence-corrected chi connectivity index (χ1v) is 7.59. The van der Waals surface area contributed by atoms with Crippen LogP contribution in [0.5, 0.6) is 0 Å². The van der Waals surface area contributed by atoms with Crippen LogP contribution in [0, 0.1) is 0 Å². The van der Waals surface area contributed by atoms with Crippen LogP contribution in [-0.4, -0.2) is 22.0 Å². The first kappa shape index (κ1) is 14.3. The summed E-state index contributed by atoms with van der Waals surface area (Å²) in [5.74, 6) is 0.251. The predicted octanol–water partition coefficient (Wildman–Crippen LogP) is 3.10. The molecule has 0 spiro atoms. The number of carbonyl (C=O) groups excluding carboxylic acids is 2. The lowest BCUT2D eigenvalue weighted by Gasteiger charge is -2.14. The molecule has 0 aliphatic carbocycles. The second-order valence-corrected chi connectivity index (χ2v) is 5.40. The number of imide groups is 1. The van der Waals surface area contributed by atoms with Crippen molar-refractivity contribution in [1.82, 2.24) is 10.2 Å². The van der Waals surface area contributed by atoms with Gasteiger partial charge in [0.1, 0.15) is 0 Å². The number of amides is 2. The minimum absolute atomic E-state index is 0.326. The molecule has 0 N–H and O–H groups in total. The number of carbonyl (C=O) groups is 2. The fourth-order valence-corrected chi connectivity index (χ4v) is 2.71. The number of hydrogen-bond acceptors (Lipinski definition) is 5. The third-order valence-electron chi connectivity index (χ3n) is 3.91. The Morgan fingerprint density at radius 2 is 1.67 bits per heavy atom. The standard InChI is InChI=1S/C18H13N3O3/c1-2-15-19-20-16(24-15)11-6-5-7-12(10-11)21-17(22)13-8-3-4-9-14(13)18(21)23/h3-10H,2H2,1H3. The van der Waals surface area contributed by atoms with Gasteiger partial charge in [-0.3, -0.25) is 9.59 Å². The lowest BCUT2D eigenvalue weighted by atomic mass is 10.1. The second kappa shape index (κ2) is 5.42. The zero-order valence-electron chi connectivity index (χ0n) is 12.9. The van der Waals surface area contributed by atoms with Gasteiger partial charge in [-0.25, -0.2) is 4.90 Å². The van der Waals surface area contributed by atoms with E-state index in [0.29, 0.717) is 40.6 Å². The molecule has 2 amide bonds. The lowest BCUT2D eigenvalue weighted by molar-refractivity contribution is 0.0926. The SMILES string of the molecule is CCc1nnc(-c2cccc(N3C(=O)c4ccccc4C3=O)c2)o1. The lowest BCUT2D eigenvalue weighted by Crippen LogP contribution is -2.29. The molecule has 24 heavy (non-hydrogen) atoms. The van der Waals surface area contributed by atoms with E-state index >= 15 is 0 Å².